The van der Waals surface area contributed by atoms with E-state index in [9.17, 15) is 9.59 Å². The maximum absolute atomic E-state index is 12.7. The van der Waals surface area contributed by atoms with Crippen LogP contribution in [0.4, 0.5) is 0 Å². The van der Waals surface area contributed by atoms with Gasteiger partial charge in [-0.05, 0) is 23.3 Å². The third-order valence-electron chi connectivity index (χ3n) is 4.86. The van der Waals surface area contributed by atoms with Crippen LogP contribution in [0.15, 0.2) is 54.6 Å². The number of likely N-dealkylation sites (N-methyl/N-ethyl adjacent to an activating group) is 1. The van der Waals surface area contributed by atoms with Crippen molar-refractivity contribution in [1.29, 1.82) is 0 Å². The zero-order chi connectivity index (χ0) is 20.6. The van der Waals surface area contributed by atoms with Gasteiger partial charge in [-0.3, -0.25) is 9.59 Å². The maximum Gasteiger partial charge on any atom is 0.251 e. The minimum Gasteiger partial charge on any atom is -0.497 e. The Morgan fingerprint density at radius 2 is 1.90 bits per heavy atom. The molecule has 1 aliphatic heterocycles. The van der Waals surface area contributed by atoms with Crippen molar-refractivity contribution < 1.29 is 23.8 Å². The second-order valence-corrected chi connectivity index (χ2v) is 6.78. The molecule has 1 fully saturated rings. The van der Waals surface area contributed by atoms with Gasteiger partial charge in [-0.1, -0.05) is 42.5 Å². The molecule has 154 valence electrons. The van der Waals surface area contributed by atoms with E-state index in [2.05, 4.69) is 5.32 Å². The molecule has 3 rings (SSSR count). The Morgan fingerprint density at radius 1 is 1.17 bits per heavy atom. The molecular formula is C22H26N2O5. The highest BCUT2D eigenvalue weighted by Gasteiger charge is 2.39. The first-order chi connectivity index (χ1) is 14.1. The number of nitrogens with one attached hydrogen (secondary N) is 1. The summed E-state index contributed by atoms with van der Waals surface area (Å²) < 4.78 is 16.3. The average molecular weight is 398 g/mol. The minimum absolute atomic E-state index is 0.105. The first kappa shape index (κ1) is 20.8. The fourth-order valence-corrected chi connectivity index (χ4v) is 3.24. The van der Waals surface area contributed by atoms with E-state index in [1.54, 1.807) is 19.1 Å². The van der Waals surface area contributed by atoms with Gasteiger partial charge in [-0.2, -0.15) is 0 Å². The molecule has 0 unspecified atom stereocenters. The molecule has 0 saturated carbocycles. The molecule has 1 aliphatic rings. The summed E-state index contributed by atoms with van der Waals surface area (Å²) in [6.07, 6.45) is -0.762. The Balaban J connectivity index is 1.50. The molecule has 0 bridgehead atoms. The summed E-state index contributed by atoms with van der Waals surface area (Å²) in [6.45, 7) is 1.07. The SMILES string of the molecule is COc1ccc(COCCNC(=O)[C@@H]2OCC(=O)N(C)[C@H]2c2ccccc2)cc1. The van der Waals surface area contributed by atoms with Crippen molar-refractivity contribution in [2.24, 2.45) is 0 Å². The van der Waals surface area contributed by atoms with Gasteiger partial charge in [0.25, 0.3) is 5.91 Å². The quantitative estimate of drug-likeness (QED) is 0.688. The molecule has 0 aromatic heterocycles. The number of ether oxygens (including phenoxy) is 3. The van der Waals surface area contributed by atoms with Gasteiger partial charge in [-0.15, -0.1) is 0 Å². The fourth-order valence-electron chi connectivity index (χ4n) is 3.24. The van der Waals surface area contributed by atoms with Gasteiger partial charge in [0.2, 0.25) is 5.91 Å². The Bertz CT molecular complexity index is 810. The minimum atomic E-state index is -0.762. The van der Waals surface area contributed by atoms with E-state index in [1.807, 2.05) is 54.6 Å². The van der Waals surface area contributed by atoms with Gasteiger partial charge < -0.3 is 24.4 Å². The van der Waals surface area contributed by atoms with Crippen LogP contribution in [-0.4, -0.2) is 56.7 Å². The van der Waals surface area contributed by atoms with Gasteiger partial charge in [0.05, 0.1) is 26.4 Å². The number of benzene rings is 2. The van der Waals surface area contributed by atoms with Crippen LogP contribution in [0, 0.1) is 0 Å². The standard InChI is InChI=1S/C22H26N2O5/c1-24-19(25)15-29-21(20(24)17-6-4-3-5-7-17)22(26)23-12-13-28-14-16-8-10-18(27-2)11-9-16/h3-11,20-21H,12-15H2,1-2H3,(H,23,26)/t20-,21+/m0/s1. The van der Waals surface area contributed by atoms with Gasteiger partial charge in [0.1, 0.15) is 12.4 Å². The lowest BCUT2D eigenvalue weighted by Gasteiger charge is -2.38. The maximum atomic E-state index is 12.7. The molecule has 2 aromatic carbocycles. The van der Waals surface area contributed by atoms with E-state index in [0.717, 1.165) is 16.9 Å². The third kappa shape index (κ3) is 5.34. The van der Waals surface area contributed by atoms with Crippen molar-refractivity contribution in [3.8, 4) is 5.75 Å². The van der Waals surface area contributed by atoms with E-state index >= 15 is 0 Å². The summed E-state index contributed by atoms with van der Waals surface area (Å²) in [4.78, 5) is 26.3. The van der Waals surface area contributed by atoms with Crippen molar-refractivity contribution in [1.82, 2.24) is 10.2 Å². The van der Waals surface area contributed by atoms with Gasteiger partial charge >= 0.3 is 0 Å². The van der Waals surface area contributed by atoms with Crippen molar-refractivity contribution >= 4 is 11.8 Å². The smallest absolute Gasteiger partial charge is 0.251 e. The van der Waals surface area contributed by atoms with Gasteiger partial charge in [0, 0.05) is 13.6 Å². The van der Waals surface area contributed by atoms with Crippen molar-refractivity contribution in [3.05, 3.63) is 65.7 Å². The number of hydrogen-bond donors (Lipinski definition) is 1. The van der Waals surface area contributed by atoms with Gasteiger partial charge in [0.15, 0.2) is 6.10 Å². The molecule has 0 radical (unpaired) electrons. The average Bonchev–Trinajstić information content (AvgIpc) is 2.76. The monoisotopic (exact) mass is 398 g/mol. The number of methoxy groups -OCH3 is 1. The molecule has 7 heteroatoms. The molecule has 1 heterocycles. The summed E-state index contributed by atoms with van der Waals surface area (Å²) in [5.74, 6) is 0.391. The lowest BCUT2D eigenvalue weighted by molar-refractivity contribution is -0.162. The summed E-state index contributed by atoms with van der Waals surface area (Å²) in [5.41, 5.74) is 1.89. The van der Waals surface area contributed by atoms with Crippen molar-refractivity contribution in [2.75, 3.05) is 33.9 Å². The van der Waals surface area contributed by atoms with E-state index < -0.39 is 12.1 Å². The first-order valence-corrected chi connectivity index (χ1v) is 9.50. The highest BCUT2D eigenvalue weighted by atomic mass is 16.5. The van der Waals surface area contributed by atoms with Crippen molar-refractivity contribution in [3.63, 3.8) is 0 Å². The predicted octanol–water partition coefficient (Wildman–Crippen LogP) is 1.93. The largest absolute Gasteiger partial charge is 0.497 e. The van der Waals surface area contributed by atoms with Crippen LogP contribution in [0.2, 0.25) is 0 Å². The number of nitrogens with zero attached hydrogens (tertiary/aromatic N) is 1. The Kier molecular flexibility index (Phi) is 7.21. The van der Waals surface area contributed by atoms with E-state index in [0.29, 0.717) is 19.8 Å². The number of carbonyl (C=O) groups is 2. The Hall–Kier alpha value is -2.90. The molecule has 2 atom stereocenters. The second-order valence-electron chi connectivity index (χ2n) is 6.78. The molecule has 1 saturated heterocycles. The molecule has 2 amide bonds. The van der Waals surface area contributed by atoms with Gasteiger partial charge in [-0.25, -0.2) is 0 Å². The normalized spacial score (nSPS) is 19.1. The lowest BCUT2D eigenvalue weighted by atomic mass is 9.97. The lowest BCUT2D eigenvalue weighted by Crippen LogP contribution is -2.53. The number of hydrogen-bond acceptors (Lipinski definition) is 5. The van der Waals surface area contributed by atoms with E-state index in [-0.39, 0.29) is 18.4 Å². The van der Waals surface area contributed by atoms with Crippen LogP contribution in [0.3, 0.4) is 0 Å². The van der Waals surface area contributed by atoms with Crippen LogP contribution in [0.5, 0.6) is 5.75 Å². The molecule has 29 heavy (non-hydrogen) atoms. The molecule has 0 aliphatic carbocycles. The van der Waals surface area contributed by atoms with Crippen molar-refractivity contribution in [2.45, 2.75) is 18.8 Å². The molecular weight excluding hydrogens is 372 g/mol. The highest BCUT2D eigenvalue weighted by molar-refractivity contribution is 5.86. The second kappa shape index (κ2) is 10.0. The molecule has 2 aromatic rings. The number of amides is 2. The highest BCUT2D eigenvalue weighted by Crippen LogP contribution is 2.29. The fraction of sp³-hybridized carbons (Fsp3) is 0.364. The van der Waals surface area contributed by atoms with Crippen LogP contribution < -0.4 is 10.1 Å². The van der Waals surface area contributed by atoms with E-state index in [1.165, 1.54) is 0 Å². The zero-order valence-corrected chi connectivity index (χ0v) is 16.7. The summed E-state index contributed by atoms with van der Waals surface area (Å²) in [5, 5.41) is 2.85. The van der Waals surface area contributed by atoms with Crippen LogP contribution in [0.25, 0.3) is 0 Å². The molecule has 1 N–H and O–H groups in total. The Morgan fingerprint density at radius 3 is 2.59 bits per heavy atom. The van der Waals surface area contributed by atoms with Crippen LogP contribution >= 0.6 is 0 Å². The number of morpholine rings is 1. The molecule has 7 nitrogen and oxygen atoms in total. The third-order valence-corrected chi connectivity index (χ3v) is 4.86. The van der Waals surface area contributed by atoms with Crippen LogP contribution in [-0.2, 0) is 25.7 Å². The van der Waals surface area contributed by atoms with E-state index in [4.69, 9.17) is 14.2 Å². The topological polar surface area (TPSA) is 77.1 Å². The molecule has 0 spiro atoms. The predicted molar refractivity (Wildman–Crippen MR) is 107 cm³/mol. The number of carbonyl (C=O) groups excluding carboxylic acids is 2. The zero-order valence-electron chi connectivity index (χ0n) is 16.7. The Labute approximate surface area is 170 Å². The van der Waals surface area contributed by atoms with Crippen LogP contribution in [0.1, 0.15) is 17.2 Å². The number of rotatable bonds is 8. The summed E-state index contributed by atoms with van der Waals surface area (Å²) in [6, 6.07) is 16.6. The summed E-state index contributed by atoms with van der Waals surface area (Å²) in [7, 11) is 3.32. The first-order valence-electron chi connectivity index (χ1n) is 9.50. The summed E-state index contributed by atoms with van der Waals surface area (Å²) >= 11 is 0.